The first kappa shape index (κ1) is 16.6. The van der Waals surface area contributed by atoms with Crippen molar-refractivity contribution in [3.63, 3.8) is 0 Å². The van der Waals surface area contributed by atoms with Gasteiger partial charge in [-0.3, -0.25) is 14.6 Å². The van der Waals surface area contributed by atoms with Crippen molar-refractivity contribution in [2.24, 2.45) is 5.92 Å². The Labute approximate surface area is 144 Å². The Morgan fingerprint density at radius 3 is 3.08 bits per heavy atom. The smallest absolute Gasteiger partial charge is 0.225 e. The fraction of sp³-hybridized carbons (Fsp3) is 0.412. The number of rotatable bonds is 6. The van der Waals surface area contributed by atoms with Crippen LogP contribution in [0.1, 0.15) is 29.6 Å². The number of amides is 2. The van der Waals surface area contributed by atoms with Crippen LogP contribution in [0, 0.1) is 5.92 Å². The lowest BCUT2D eigenvalue weighted by molar-refractivity contribution is -0.129. The van der Waals surface area contributed by atoms with Crippen molar-refractivity contribution < 1.29 is 9.59 Å². The van der Waals surface area contributed by atoms with Crippen molar-refractivity contribution in [2.75, 3.05) is 6.54 Å². The number of hydrogen-bond acceptors (Lipinski definition) is 5. The molecule has 1 atom stereocenters. The van der Waals surface area contributed by atoms with E-state index in [1.807, 2.05) is 17.5 Å². The van der Waals surface area contributed by atoms with E-state index >= 15 is 0 Å². The largest absolute Gasteiger partial charge is 0.349 e. The topological polar surface area (TPSA) is 75.2 Å². The Hall–Kier alpha value is -2.28. The molecule has 1 fully saturated rings. The SMILES string of the molecule is CCc1csc(CNC(=O)[C@H]2CC(=O)N(Cc3cccnc3)C2)n1. The van der Waals surface area contributed by atoms with E-state index in [1.165, 1.54) is 0 Å². The highest BCUT2D eigenvalue weighted by atomic mass is 32.1. The number of aryl methyl sites for hydroxylation is 1. The van der Waals surface area contributed by atoms with Crippen molar-refractivity contribution in [1.29, 1.82) is 0 Å². The molecule has 1 saturated heterocycles. The van der Waals surface area contributed by atoms with Gasteiger partial charge < -0.3 is 10.2 Å². The van der Waals surface area contributed by atoms with Gasteiger partial charge in [0.2, 0.25) is 11.8 Å². The molecule has 2 amide bonds. The molecule has 1 aliphatic rings. The Morgan fingerprint density at radius 1 is 1.50 bits per heavy atom. The molecule has 0 radical (unpaired) electrons. The van der Waals surface area contributed by atoms with Crippen molar-refractivity contribution in [3.05, 3.63) is 46.2 Å². The standard InChI is InChI=1S/C17H20N4O2S/c1-2-14-11-24-15(20-14)8-19-17(23)13-6-16(22)21(10-13)9-12-4-3-5-18-7-12/h3-5,7,11,13H,2,6,8-10H2,1H3,(H,19,23)/t13-/m0/s1. The van der Waals surface area contributed by atoms with Crippen LogP contribution in [0.25, 0.3) is 0 Å². The van der Waals surface area contributed by atoms with Crippen LogP contribution in [0.4, 0.5) is 0 Å². The summed E-state index contributed by atoms with van der Waals surface area (Å²) in [6.07, 6.45) is 4.61. The third kappa shape index (κ3) is 3.97. The van der Waals surface area contributed by atoms with E-state index in [1.54, 1.807) is 28.6 Å². The van der Waals surface area contributed by atoms with Crippen molar-refractivity contribution in [2.45, 2.75) is 32.9 Å². The van der Waals surface area contributed by atoms with Gasteiger partial charge in [0, 0.05) is 37.3 Å². The zero-order valence-electron chi connectivity index (χ0n) is 13.6. The zero-order valence-corrected chi connectivity index (χ0v) is 14.4. The Balaban J connectivity index is 1.52. The molecular weight excluding hydrogens is 324 g/mol. The van der Waals surface area contributed by atoms with Gasteiger partial charge in [-0.1, -0.05) is 13.0 Å². The number of aromatic nitrogens is 2. The molecule has 0 unspecified atom stereocenters. The molecule has 1 N–H and O–H groups in total. The average Bonchev–Trinajstić information content (AvgIpc) is 3.21. The van der Waals surface area contributed by atoms with Gasteiger partial charge in [0.05, 0.1) is 18.2 Å². The highest BCUT2D eigenvalue weighted by molar-refractivity contribution is 7.09. The van der Waals surface area contributed by atoms with E-state index < -0.39 is 0 Å². The lowest BCUT2D eigenvalue weighted by atomic mass is 10.1. The molecule has 0 spiro atoms. The molecule has 126 valence electrons. The summed E-state index contributed by atoms with van der Waals surface area (Å²) < 4.78 is 0. The number of carbonyl (C=O) groups is 2. The summed E-state index contributed by atoms with van der Waals surface area (Å²) in [7, 11) is 0. The van der Waals surface area contributed by atoms with E-state index in [-0.39, 0.29) is 24.2 Å². The fourth-order valence-corrected chi connectivity index (χ4v) is 3.53. The first-order chi connectivity index (χ1) is 11.7. The zero-order chi connectivity index (χ0) is 16.9. The molecule has 1 aliphatic heterocycles. The van der Waals surface area contributed by atoms with Crippen LogP contribution in [0.15, 0.2) is 29.9 Å². The lowest BCUT2D eigenvalue weighted by Gasteiger charge is -2.16. The van der Waals surface area contributed by atoms with E-state index in [2.05, 4.69) is 22.2 Å². The second-order valence-corrected chi connectivity index (χ2v) is 6.78. The second-order valence-electron chi connectivity index (χ2n) is 5.84. The highest BCUT2D eigenvalue weighted by Crippen LogP contribution is 2.20. The number of hydrogen-bond donors (Lipinski definition) is 1. The molecular formula is C17H20N4O2S. The van der Waals surface area contributed by atoms with Gasteiger partial charge in [0.15, 0.2) is 0 Å². The van der Waals surface area contributed by atoms with Crippen LogP contribution in [0.2, 0.25) is 0 Å². The molecule has 0 aliphatic carbocycles. The number of thiazole rings is 1. The van der Waals surface area contributed by atoms with Crippen LogP contribution in [-0.4, -0.2) is 33.2 Å². The Bertz CT molecular complexity index is 716. The Kier molecular flexibility index (Phi) is 5.20. The molecule has 6 nitrogen and oxygen atoms in total. The third-order valence-corrected chi connectivity index (χ3v) is 4.95. The summed E-state index contributed by atoms with van der Waals surface area (Å²) >= 11 is 1.55. The van der Waals surface area contributed by atoms with E-state index in [0.717, 1.165) is 22.7 Å². The normalized spacial score (nSPS) is 17.3. The van der Waals surface area contributed by atoms with Gasteiger partial charge in [-0.15, -0.1) is 11.3 Å². The summed E-state index contributed by atoms with van der Waals surface area (Å²) in [5.74, 6) is -0.355. The second kappa shape index (κ2) is 7.53. The van der Waals surface area contributed by atoms with Crippen molar-refractivity contribution >= 4 is 23.2 Å². The number of nitrogens with zero attached hydrogens (tertiary/aromatic N) is 3. The monoisotopic (exact) mass is 344 g/mol. The molecule has 2 aromatic rings. The van der Waals surface area contributed by atoms with Gasteiger partial charge in [-0.05, 0) is 18.1 Å². The van der Waals surface area contributed by atoms with Crippen LogP contribution in [0.3, 0.4) is 0 Å². The molecule has 7 heteroatoms. The molecule has 0 aromatic carbocycles. The summed E-state index contributed by atoms with van der Waals surface area (Å²) in [4.78, 5) is 34.6. The molecule has 3 rings (SSSR count). The molecule has 3 heterocycles. The first-order valence-electron chi connectivity index (χ1n) is 8.03. The minimum atomic E-state index is -0.292. The van der Waals surface area contributed by atoms with E-state index in [4.69, 9.17) is 0 Å². The number of nitrogens with one attached hydrogen (secondary N) is 1. The summed E-state index contributed by atoms with van der Waals surface area (Å²) in [6.45, 7) is 3.44. The minimum absolute atomic E-state index is 0.0153. The highest BCUT2D eigenvalue weighted by Gasteiger charge is 2.34. The summed E-state index contributed by atoms with van der Waals surface area (Å²) in [5, 5.41) is 5.81. The van der Waals surface area contributed by atoms with Gasteiger partial charge in [-0.2, -0.15) is 0 Å². The van der Waals surface area contributed by atoms with Gasteiger partial charge >= 0.3 is 0 Å². The van der Waals surface area contributed by atoms with E-state index in [9.17, 15) is 9.59 Å². The van der Waals surface area contributed by atoms with Crippen LogP contribution in [-0.2, 0) is 29.1 Å². The van der Waals surface area contributed by atoms with Crippen LogP contribution in [0.5, 0.6) is 0 Å². The summed E-state index contributed by atoms with van der Waals surface area (Å²) in [6, 6.07) is 3.78. The van der Waals surface area contributed by atoms with Gasteiger partial charge in [-0.25, -0.2) is 4.98 Å². The van der Waals surface area contributed by atoms with Gasteiger partial charge in [0.25, 0.3) is 0 Å². The van der Waals surface area contributed by atoms with E-state index in [0.29, 0.717) is 19.6 Å². The lowest BCUT2D eigenvalue weighted by Crippen LogP contribution is -2.32. The average molecular weight is 344 g/mol. The maximum atomic E-state index is 12.3. The molecule has 0 bridgehead atoms. The van der Waals surface area contributed by atoms with Gasteiger partial charge in [0.1, 0.15) is 5.01 Å². The number of likely N-dealkylation sites (tertiary alicyclic amines) is 1. The quantitative estimate of drug-likeness (QED) is 0.866. The Morgan fingerprint density at radius 2 is 2.38 bits per heavy atom. The van der Waals surface area contributed by atoms with Crippen LogP contribution < -0.4 is 5.32 Å². The molecule has 2 aromatic heterocycles. The summed E-state index contributed by atoms with van der Waals surface area (Å²) in [5.41, 5.74) is 2.02. The maximum Gasteiger partial charge on any atom is 0.225 e. The van der Waals surface area contributed by atoms with Crippen LogP contribution >= 0.6 is 11.3 Å². The first-order valence-corrected chi connectivity index (χ1v) is 8.91. The maximum absolute atomic E-state index is 12.3. The number of carbonyl (C=O) groups excluding carboxylic acids is 2. The molecule has 0 saturated carbocycles. The van der Waals surface area contributed by atoms with Crippen molar-refractivity contribution in [3.8, 4) is 0 Å². The third-order valence-electron chi connectivity index (χ3n) is 4.06. The van der Waals surface area contributed by atoms with Crippen molar-refractivity contribution in [1.82, 2.24) is 20.2 Å². The fourth-order valence-electron chi connectivity index (χ4n) is 2.71. The minimum Gasteiger partial charge on any atom is -0.349 e. The predicted octanol–water partition coefficient (Wildman–Crippen LogP) is 1.77. The predicted molar refractivity (Wildman–Crippen MR) is 91.1 cm³/mol. The molecule has 24 heavy (non-hydrogen) atoms. The number of pyridine rings is 1.